The lowest BCUT2D eigenvalue weighted by Gasteiger charge is -2.06. The molecule has 86 valence electrons. The van der Waals surface area contributed by atoms with Gasteiger partial charge in [-0.1, -0.05) is 29.8 Å². The highest BCUT2D eigenvalue weighted by molar-refractivity contribution is 6.33. The van der Waals surface area contributed by atoms with Gasteiger partial charge in [0, 0.05) is 0 Å². The molecule has 1 heterocycles. The Hall–Kier alpha value is -1.51. The van der Waals surface area contributed by atoms with E-state index in [4.69, 9.17) is 22.1 Å². The minimum atomic E-state index is 0.596. The summed E-state index contributed by atoms with van der Waals surface area (Å²) in [4.78, 5) is 0. The van der Waals surface area contributed by atoms with Gasteiger partial charge in [0.05, 0.1) is 23.9 Å². The number of benzene rings is 2. The van der Waals surface area contributed by atoms with E-state index in [9.17, 15) is 0 Å². The molecular formula is C14H12ClNO. The van der Waals surface area contributed by atoms with E-state index in [1.54, 1.807) is 0 Å². The van der Waals surface area contributed by atoms with Gasteiger partial charge in [-0.15, -0.1) is 0 Å². The van der Waals surface area contributed by atoms with Crippen molar-refractivity contribution in [2.24, 2.45) is 0 Å². The summed E-state index contributed by atoms with van der Waals surface area (Å²) in [6.45, 7) is 1.42. The molecule has 0 aromatic heterocycles. The fourth-order valence-electron chi connectivity index (χ4n) is 2.07. The molecule has 2 nitrogen and oxygen atoms in total. The molecular weight excluding hydrogens is 234 g/mol. The number of hydrogen-bond donors (Lipinski definition) is 1. The van der Waals surface area contributed by atoms with Crippen molar-refractivity contribution < 1.29 is 4.74 Å². The summed E-state index contributed by atoms with van der Waals surface area (Å²) in [5.74, 6) is 0. The molecule has 1 aliphatic rings. The van der Waals surface area contributed by atoms with Crippen LogP contribution in [-0.2, 0) is 18.0 Å². The van der Waals surface area contributed by atoms with Crippen LogP contribution >= 0.6 is 11.6 Å². The van der Waals surface area contributed by atoms with Crippen molar-refractivity contribution >= 4 is 17.3 Å². The molecule has 0 saturated carbocycles. The molecule has 0 atom stereocenters. The molecule has 1 aliphatic heterocycles. The summed E-state index contributed by atoms with van der Waals surface area (Å²) in [5, 5.41) is 0.596. The van der Waals surface area contributed by atoms with E-state index < -0.39 is 0 Å². The number of fused-ring (bicyclic) bond motifs is 1. The number of hydrogen-bond acceptors (Lipinski definition) is 2. The Bertz CT molecular complexity index is 580. The number of rotatable bonds is 1. The van der Waals surface area contributed by atoms with Crippen LogP contribution in [0.15, 0.2) is 36.4 Å². The highest BCUT2D eigenvalue weighted by atomic mass is 35.5. The van der Waals surface area contributed by atoms with Crippen LogP contribution in [0.25, 0.3) is 11.1 Å². The molecule has 0 saturated heterocycles. The lowest BCUT2D eigenvalue weighted by atomic mass is 10.0. The molecule has 0 spiro atoms. The van der Waals surface area contributed by atoms with Gasteiger partial charge in [0.1, 0.15) is 0 Å². The van der Waals surface area contributed by atoms with Crippen molar-refractivity contribution in [3.8, 4) is 11.1 Å². The first-order valence-corrected chi connectivity index (χ1v) is 5.87. The third-order valence-corrected chi connectivity index (χ3v) is 3.39. The normalized spacial score (nSPS) is 13.7. The molecule has 0 amide bonds. The summed E-state index contributed by atoms with van der Waals surface area (Å²) < 4.78 is 5.40. The van der Waals surface area contributed by atoms with E-state index in [-0.39, 0.29) is 0 Å². The van der Waals surface area contributed by atoms with E-state index in [0.717, 1.165) is 17.7 Å². The molecule has 0 aliphatic carbocycles. The van der Waals surface area contributed by atoms with Gasteiger partial charge in [0.25, 0.3) is 0 Å². The molecule has 2 aromatic rings. The van der Waals surface area contributed by atoms with Gasteiger partial charge < -0.3 is 10.5 Å². The van der Waals surface area contributed by atoms with E-state index >= 15 is 0 Å². The van der Waals surface area contributed by atoms with Gasteiger partial charge in [0.15, 0.2) is 0 Å². The minimum Gasteiger partial charge on any atom is -0.398 e. The summed E-state index contributed by atoms with van der Waals surface area (Å²) >= 11 is 5.92. The number of nitrogen functional groups attached to an aromatic ring is 1. The zero-order chi connectivity index (χ0) is 11.8. The molecule has 2 aromatic carbocycles. The lowest BCUT2D eigenvalue weighted by Crippen LogP contribution is -1.89. The number of nitrogens with two attached hydrogens (primary N) is 1. The van der Waals surface area contributed by atoms with Gasteiger partial charge >= 0.3 is 0 Å². The fraction of sp³-hybridized carbons (Fsp3) is 0.143. The van der Waals surface area contributed by atoms with Crippen LogP contribution in [-0.4, -0.2) is 0 Å². The van der Waals surface area contributed by atoms with Crippen LogP contribution in [0.2, 0.25) is 5.02 Å². The molecule has 0 bridgehead atoms. The van der Waals surface area contributed by atoms with E-state index in [0.29, 0.717) is 17.3 Å². The van der Waals surface area contributed by atoms with Crippen LogP contribution in [0.4, 0.5) is 5.69 Å². The van der Waals surface area contributed by atoms with E-state index in [1.807, 2.05) is 18.2 Å². The maximum absolute atomic E-state index is 5.92. The second-order valence-electron chi connectivity index (χ2n) is 4.21. The number of halogens is 1. The number of anilines is 1. The van der Waals surface area contributed by atoms with E-state index in [2.05, 4.69) is 18.2 Å². The van der Waals surface area contributed by atoms with Crippen LogP contribution in [0.1, 0.15) is 11.1 Å². The smallest absolute Gasteiger partial charge is 0.0725 e. The SMILES string of the molecule is Nc1cc(-c2ccc3c(c2)COC3)ccc1Cl. The Kier molecular flexibility index (Phi) is 2.54. The summed E-state index contributed by atoms with van der Waals surface area (Å²) in [6, 6.07) is 12.1. The zero-order valence-corrected chi connectivity index (χ0v) is 10.00. The van der Waals surface area contributed by atoms with Crippen molar-refractivity contribution in [2.75, 3.05) is 5.73 Å². The summed E-state index contributed by atoms with van der Waals surface area (Å²) in [5.41, 5.74) is 11.2. The Morgan fingerprint density at radius 2 is 1.65 bits per heavy atom. The second kappa shape index (κ2) is 4.06. The van der Waals surface area contributed by atoms with Gasteiger partial charge in [-0.05, 0) is 40.5 Å². The highest BCUT2D eigenvalue weighted by Crippen LogP contribution is 2.30. The van der Waals surface area contributed by atoms with E-state index in [1.165, 1.54) is 11.1 Å². The predicted octanol–water partition coefficient (Wildman–Crippen LogP) is 3.62. The largest absolute Gasteiger partial charge is 0.398 e. The van der Waals surface area contributed by atoms with Crippen LogP contribution in [0, 0.1) is 0 Å². The summed E-state index contributed by atoms with van der Waals surface area (Å²) in [6.07, 6.45) is 0. The quantitative estimate of drug-likeness (QED) is 0.779. The first kappa shape index (κ1) is 10.6. The fourth-order valence-corrected chi connectivity index (χ4v) is 2.19. The van der Waals surface area contributed by atoms with Crippen molar-refractivity contribution in [1.82, 2.24) is 0 Å². The highest BCUT2D eigenvalue weighted by Gasteiger charge is 2.12. The maximum atomic E-state index is 5.92. The first-order valence-electron chi connectivity index (χ1n) is 5.49. The van der Waals surface area contributed by atoms with Crippen molar-refractivity contribution in [3.05, 3.63) is 52.5 Å². The average Bonchev–Trinajstić information content (AvgIpc) is 2.79. The number of ether oxygens (including phenoxy) is 1. The van der Waals surface area contributed by atoms with Crippen molar-refractivity contribution in [2.45, 2.75) is 13.2 Å². The monoisotopic (exact) mass is 245 g/mol. The summed E-state index contributed by atoms with van der Waals surface area (Å²) in [7, 11) is 0. The molecule has 17 heavy (non-hydrogen) atoms. The Morgan fingerprint density at radius 1 is 0.941 bits per heavy atom. The Morgan fingerprint density at radius 3 is 2.47 bits per heavy atom. The first-order chi connectivity index (χ1) is 8.24. The topological polar surface area (TPSA) is 35.2 Å². The van der Waals surface area contributed by atoms with Gasteiger partial charge in [0.2, 0.25) is 0 Å². The maximum Gasteiger partial charge on any atom is 0.0725 e. The third-order valence-electron chi connectivity index (χ3n) is 3.05. The molecule has 3 rings (SSSR count). The minimum absolute atomic E-state index is 0.596. The molecule has 0 fully saturated rings. The molecule has 3 heteroatoms. The molecule has 0 unspecified atom stereocenters. The van der Waals surface area contributed by atoms with Gasteiger partial charge in [-0.2, -0.15) is 0 Å². The second-order valence-corrected chi connectivity index (χ2v) is 4.62. The predicted molar refractivity (Wildman–Crippen MR) is 69.8 cm³/mol. The Labute approximate surface area is 105 Å². The van der Waals surface area contributed by atoms with Crippen molar-refractivity contribution in [1.29, 1.82) is 0 Å². The van der Waals surface area contributed by atoms with Gasteiger partial charge in [-0.25, -0.2) is 0 Å². The third kappa shape index (κ3) is 1.90. The molecule has 2 N–H and O–H groups in total. The van der Waals surface area contributed by atoms with Gasteiger partial charge in [-0.3, -0.25) is 0 Å². The lowest BCUT2D eigenvalue weighted by molar-refractivity contribution is 0.134. The van der Waals surface area contributed by atoms with Crippen LogP contribution in [0.3, 0.4) is 0 Å². The van der Waals surface area contributed by atoms with Crippen molar-refractivity contribution in [3.63, 3.8) is 0 Å². The molecule has 0 radical (unpaired) electrons. The standard InChI is InChI=1S/C14H12ClNO/c15-13-4-3-10(6-14(13)16)9-1-2-11-7-17-8-12(11)5-9/h1-6H,7-8,16H2. The zero-order valence-electron chi connectivity index (χ0n) is 9.24. The Balaban J connectivity index is 2.06. The van der Waals surface area contributed by atoms with Crippen LogP contribution in [0.5, 0.6) is 0 Å². The van der Waals surface area contributed by atoms with Crippen LogP contribution < -0.4 is 5.73 Å². The average molecular weight is 246 g/mol.